The van der Waals surface area contributed by atoms with Gasteiger partial charge in [-0.1, -0.05) is 72.8 Å². The first kappa shape index (κ1) is 12.1. The fourth-order valence-corrected chi connectivity index (χ4v) is 5.75. The summed E-state index contributed by atoms with van der Waals surface area (Å²) in [5.41, 5.74) is 9.52. The molecule has 2 unspecified atom stereocenters. The normalized spacial score (nSPS) is 28.7. The second kappa shape index (κ2) is 4.14. The highest BCUT2D eigenvalue weighted by Crippen LogP contribution is 2.64. The Labute approximate surface area is 136 Å². The van der Waals surface area contributed by atoms with E-state index in [0.29, 0.717) is 17.8 Å². The van der Waals surface area contributed by atoms with Gasteiger partial charge in [0.25, 0.3) is 0 Å². The van der Waals surface area contributed by atoms with Crippen molar-refractivity contribution in [2.24, 2.45) is 5.92 Å². The minimum absolute atomic E-state index is 0.543. The van der Waals surface area contributed by atoms with Gasteiger partial charge >= 0.3 is 0 Å². The summed E-state index contributed by atoms with van der Waals surface area (Å²) in [5.74, 6) is 2.52. The number of rotatable bonds is 0. The zero-order chi connectivity index (χ0) is 15.0. The van der Waals surface area contributed by atoms with Crippen LogP contribution in [-0.4, -0.2) is 0 Å². The summed E-state index contributed by atoms with van der Waals surface area (Å²) in [6.07, 6.45) is 1.24. The zero-order valence-electron chi connectivity index (χ0n) is 12.9. The van der Waals surface area contributed by atoms with Crippen molar-refractivity contribution in [1.82, 2.24) is 0 Å². The highest BCUT2D eigenvalue weighted by Gasteiger charge is 2.52. The molecule has 3 aromatic carbocycles. The molecule has 0 saturated carbocycles. The van der Waals surface area contributed by atoms with Crippen LogP contribution in [0.25, 0.3) is 0 Å². The molecule has 0 aromatic heterocycles. The molecular formula is C23H18. The fourth-order valence-electron chi connectivity index (χ4n) is 5.75. The molecule has 0 heterocycles. The van der Waals surface area contributed by atoms with Crippen molar-refractivity contribution in [3.8, 4) is 0 Å². The lowest BCUT2D eigenvalue weighted by Crippen LogP contribution is -2.36. The van der Waals surface area contributed by atoms with Crippen LogP contribution in [-0.2, 0) is 6.42 Å². The maximum atomic E-state index is 2.38. The summed E-state index contributed by atoms with van der Waals surface area (Å²) in [6.45, 7) is 0. The second-order valence-electron chi connectivity index (χ2n) is 7.31. The average Bonchev–Trinajstić information content (AvgIpc) is 3.01. The summed E-state index contributed by atoms with van der Waals surface area (Å²) < 4.78 is 0. The average molecular weight is 294 g/mol. The summed E-state index contributed by atoms with van der Waals surface area (Å²) in [6, 6.07) is 27.5. The van der Waals surface area contributed by atoms with Crippen LogP contribution in [0.5, 0.6) is 0 Å². The smallest absolute Gasteiger partial charge is 0.0167 e. The highest BCUT2D eigenvalue weighted by molar-refractivity contribution is 5.61. The monoisotopic (exact) mass is 294 g/mol. The lowest BCUT2D eigenvalue weighted by molar-refractivity contribution is 0.327. The van der Waals surface area contributed by atoms with E-state index in [4.69, 9.17) is 0 Å². The predicted molar refractivity (Wildman–Crippen MR) is 92.9 cm³/mol. The van der Waals surface area contributed by atoms with Crippen LogP contribution in [0.4, 0.5) is 0 Å². The van der Waals surface area contributed by atoms with Crippen molar-refractivity contribution < 1.29 is 0 Å². The fraction of sp³-hybridized carbons (Fsp3) is 0.217. The van der Waals surface area contributed by atoms with Crippen molar-refractivity contribution in [1.29, 1.82) is 0 Å². The summed E-state index contributed by atoms with van der Waals surface area (Å²) in [4.78, 5) is 0. The SMILES string of the molecule is c1ccc2c(c1)CC1C3c4ccccc4C(c4ccccc43)C21. The molecule has 4 aliphatic rings. The van der Waals surface area contributed by atoms with E-state index in [1.165, 1.54) is 6.42 Å². The molecule has 0 heteroatoms. The van der Waals surface area contributed by atoms with Gasteiger partial charge in [0.15, 0.2) is 0 Å². The van der Waals surface area contributed by atoms with Gasteiger partial charge in [0.2, 0.25) is 0 Å². The molecule has 2 atom stereocenters. The van der Waals surface area contributed by atoms with Gasteiger partial charge in [0.05, 0.1) is 0 Å². The van der Waals surface area contributed by atoms with Crippen LogP contribution in [0.15, 0.2) is 72.8 Å². The Morgan fingerprint density at radius 1 is 0.522 bits per heavy atom. The van der Waals surface area contributed by atoms with Gasteiger partial charge in [-0.25, -0.2) is 0 Å². The lowest BCUT2D eigenvalue weighted by Gasteiger charge is -2.48. The Morgan fingerprint density at radius 3 is 1.61 bits per heavy atom. The Balaban J connectivity index is 1.69. The molecule has 2 bridgehead atoms. The molecule has 0 fully saturated rings. The van der Waals surface area contributed by atoms with Crippen LogP contribution < -0.4 is 0 Å². The van der Waals surface area contributed by atoms with Crippen molar-refractivity contribution in [2.75, 3.05) is 0 Å². The van der Waals surface area contributed by atoms with Crippen molar-refractivity contribution in [3.63, 3.8) is 0 Å². The van der Waals surface area contributed by atoms with Gasteiger partial charge in [0, 0.05) is 11.8 Å². The molecule has 0 saturated heterocycles. The van der Waals surface area contributed by atoms with E-state index in [1.54, 1.807) is 33.4 Å². The first-order chi connectivity index (χ1) is 11.4. The quantitative estimate of drug-likeness (QED) is 0.532. The third kappa shape index (κ3) is 1.38. The molecule has 0 N–H and O–H groups in total. The Hall–Kier alpha value is -2.34. The predicted octanol–water partition coefficient (Wildman–Crippen LogP) is 5.23. The molecule has 0 spiro atoms. The maximum absolute atomic E-state index is 2.38. The maximum Gasteiger partial charge on any atom is 0.0167 e. The van der Waals surface area contributed by atoms with Crippen LogP contribution in [0, 0.1) is 5.92 Å². The van der Waals surface area contributed by atoms with Crippen LogP contribution in [0.1, 0.15) is 51.1 Å². The topological polar surface area (TPSA) is 0 Å². The van der Waals surface area contributed by atoms with Gasteiger partial charge in [-0.15, -0.1) is 0 Å². The van der Waals surface area contributed by atoms with Crippen molar-refractivity contribution in [2.45, 2.75) is 24.2 Å². The summed E-state index contributed by atoms with van der Waals surface area (Å²) in [7, 11) is 0. The van der Waals surface area contributed by atoms with E-state index in [0.717, 1.165) is 5.92 Å². The molecule has 0 aliphatic heterocycles. The van der Waals surface area contributed by atoms with E-state index in [2.05, 4.69) is 72.8 Å². The van der Waals surface area contributed by atoms with Gasteiger partial charge in [-0.3, -0.25) is 0 Å². The Bertz CT molecular complexity index is 889. The third-order valence-electron chi connectivity index (χ3n) is 6.45. The highest BCUT2D eigenvalue weighted by atomic mass is 14.6. The molecule has 3 aromatic rings. The number of fused-ring (bicyclic) bond motifs is 1. The lowest BCUT2D eigenvalue weighted by atomic mass is 9.54. The summed E-state index contributed by atoms with van der Waals surface area (Å²) in [5, 5.41) is 0. The number of hydrogen-bond donors (Lipinski definition) is 0. The minimum atomic E-state index is 0.543. The molecule has 0 radical (unpaired) electrons. The van der Waals surface area contributed by atoms with Crippen molar-refractivity contribution in [3.05, 3.63) is 106 Å². The van der Waals surface area contributed by atoms with Gasteiger partial charge < -0.3 is 0 Å². The largest absolute Gasteiger partial charge is 0.0620 e. The molecule has 110 valence electrons. The van der Waals surface area contributed by atoms with E-state index >= 15 is 0 Å². The summed E-state index contributed by atoms with van der Waals surface area (Å²) >= 11 is 0. The standard InChI is InChI=1S/C23H18/c1-2-8-15-14(7-1)13-20-21-16-9-3-5-11-18(16)23(22(15)20)19-12-6-4-10-17(19)21/h1-12,20-23H,13H2. The first-order valence-electron chi connectivity index (χ1n) is 8.69. The molecule has 23 heavy (non-hydrogen) atoms. The molecule has 0 amide bonds. The molecular weight excluding hydrogens is 276 g/mol. The Kier molecular flexibility index (Phi) is 2.18. The first-order valence-corrected chi connectivity index (χ1v) is 8.69. The van der Waals surface area contributed by atoms with E-state index < -0.39 is 0 Å². The van der Waals surface area contributed by atoms with E-state index in [-0.39, 0.29) is 0 Å². The van der Waals surface area contributed by atoms with Gasteiger partial charge in [0.1, 0.15) is 0 Å². The molecule has 4 aliphatic carbocycles. The van der Waals surface area contributed by atoms with Crippen LogP contribution >= 0.6 is 0 Å². The van der Waals surface area contributed by atoms with Crippen LogP contribution in [0.2, 0.25) is 0 Å². The zero-order valence-corrected chi connectivity index (χ0v) is 12.9. The van der Waals surface area contributed by atoms with Gasteiger partial charge in [-0.2, -0.15) is 0 Å². The molecule has 0 nitrogen and oxygen atoms in total. The van der Waals surface area contributed by atoms with Crippen molar-refractivity contribution >= 4 is 0 Å². The number of benzene rings is 3. The Morgan fingerprint density at radius 2 is 1.00 bits per heavy atom. The minimum Gasteiger partial charge on any atom is -0.0620 e. The van der Waals surface area contributed by atoms with E-state index in [9.17, 15) is 0 Å². The third-order valence-corrected chi connectivity index (χ3v) is 6.45. The number of hydrogen-bond acceptors (Lipinski definition) is 0. The van der Waals surface area contributed by atoms with E-state index in [1.807, 2.05) is 0 Å². The second-order valence-corrected chi connectivity index (χ2v) is 7.31. The van der Waals surface area contributed by atoms with Crippen LogP contribution in [0.3, 0.4) is 0 Å². The molecule has 7 rings (SSSR count). The van der Waals surface area contributed by atoms with Gasteiger partial charge in [-0.05, 0) is 51.6 Å².